The third-order valence-electron chi connectivity index (χ3n) is 2.05. The summed E-state index contributed by atoms with van der Waals surface area (Å²) in [6.45, 7) is 1.80. The van der Waals surface area contributed by atoms with Gasteiger partial charge in [-0.25, -0.2) is 4.98 Å². The Kier molecular flexibility index (Phi) is 3.36. The molecule has 0 saturated carbocycles. The number of phenolic OH excluding ortho intramolecular Hbond substituents is 1. The molecule has 0 bridgehead atoms. The number of hydrogen-bond acceptors (Lipinski definition) is 4. The Bertz CT molecular complexity index is 561. The fourth-order valence-corrected chi connectivity index (χ4v) is 1.51. The monoisotopic (exact) mass is 270 g/mol. The normalized spacial score (nSPS) is 10.3. The van der Waals surface area contributed by atoms with E-state index < -0.39 is 0 Å². The lowest BCUT2D eigenvalue weighted by molar-refractivity contribution is 0.450. The van der Waals surface area contributed by atoms with Crippen molar-refractivity contribution in [3.8, 4) is 17.4 Å². The van der Waals surface area contributed by atoms with Crippen LogP contribution < -0.4 is 4.74 Å². The van der Waals surface area contributed by atoms with Crippen LogP contribution in [0.1, 0.15) is 5.56 Å². The van der Waals surface area contributed by atoms with Crippen LogP contribution in [-0.2, 0) is 0 Å². The first kappa shape index (κ1) is 12.0. The Labute approximate surface area is 108 Å². The molecule has 6 heteroatoms. The van der Waals surface area contributed by atoms with Crippen molar-refractivity contribution < 1.29 is 9.84 Å². The number of aromatic hydroxyl groups is 1. The summed E-state index contributed by atoms with van der Waals surface area (Å²) in [5, 5.41) is 9.60. The molecule has 1 heterocycles. The average Bonchev–Trinajstić information content (AvgIpc) is 2.27. The fraction of sp³-hybridized carbons (Fsp3) is 0.0909. The van der Waals surface area contributed by atoms with Gasteiger partial charge in [0, 0.05) is 0 Å². The van der Waals surface area contributed by atoms with Gasteiger partial charge < -0.3 is 9.84 Å². The van der Waals surface area contributed by atoms with Crippen LogP contribution in [0.3, 0.4) is 0 Å². The van der Waals surface area contributed by atoms with Crippen LogP contribution in [0.2, 0.25) is 10.3 Å². The highest BCUT2D eigenvalue weighted by molar-refractivity contribution is 6.32. The van der Waals surface area contributed by atoms with Crippen molar-refractivity contribution in [2.45, 2.75) is 6.92 Å². The second kappa shape index (κ2) is 4.77. The molecule has 0 atom stereocenters. The quantitative estimate of drug-likeness (QED) is 0.848. The molecule has 0 aliphatic carbocycles. The molecule has 17 heavy (non-hydrogen) atoms. The molecule has 0 unspecified atom stereocenters. The lowest BCUT2D eigenvalue weighted by Gasteiger charge is -2.08. The highest BCUT2D eigenvalue weighted by Crippen LogP contribution is 2.30. The molecular formula is C11H8Cl2N2O2. The third kappa shape index (κ3) is 2.78. The maximum atomic E-state index is 9.27. The van der Waals surface area contributed by atoms with Crippen LogP contribution in [0.4, 0.5) is 0 Å². The van der Waals surface area contributed by atoms with Crippen molar-refractivity contribution in [1.82, 2.24) is 9.97 Å². The van der Waals surface area contributed by atoms with Crippen molar-refractivity contribution in [3.63, 3.8) is 0 Å². The first-order valence-electron chi connectivity index (χ1n) is 4.72. The highest BCUT2D eigenvalue weighted by Gasteiger charge is 2.09. The third-order valence-corrected chi connectivity index (χ3v) is 2.49. The zero-order valence-corrected chi connectivity index (χ0v) is 10.3. The van der Waals surface area contributed by atoms with Crippen LogP contribution in [0, 0.1) is 6.92 Å². The lowest BCUT2D eigenvalue weighted by Crippen LogP contribution is -1.93. The minimum atomic E-state index is 0.0563. The van der Waals surface area contributed by atoms with Gasteiger partial charge in [-0.3, -0.25) is 0 Å². The van der Waals surface area contributed by atoms with E-state index in [0.717, 1.165) is 5.56 Å². The summed E-state index contributed by atoms with van der Waals surface area (Å²) in [5.41, 5.74) is 0.760. The molecule has 0 fully saturated rings. The van der Waals surface area contributed by atoms with E-state index >= 15 is 0 Å². The highest BCUT2D eigenvalue weighted by atomic mass is 35.5. The molecule has 4 nitrogen and oxygen atoms in total. The summed E-state index contributed by atoms with van der Waals surface area (Å²) in [7, 11) is 0. The molecule has 2 aromatic rings. The molecule has 0 spiro atoms. The summed E-state index contributed by atoms with van der Waals surface area (Å²) in [6, 6.07) is 4.71. The number of ether oxygens (including phenoxy) is 1. The van der Waals surface area contributed by atoms with E-state index in [1.807, 2.05) is 0 Å². The Balaban J connectivity index is 2.34. The van der Waals surface area contributed by atoms with Crippen molar-refractivity contribution in [3.05, 3.63) is 40.3 Å². The largest absolute Gasteiger partial charge is 0.508 e. The molecule has 1 N–H and O–H groups in total. The van der Waals surface area contributed by atoms with E-state index in [1.165, 1.54) is 12.3 Å². The second-order valence-electron chi connectivity index (χ2n) is 3.34. The Hall–Kier alpha value is -1.52. The molecule has 0 amide bonds. The van der Waals surface area contributed by atoms with Crippen LogP contribution in [0.5, 0.6) is 17.4 Å². The molecule has 0 saturated heterocycles. The molecule has 0 aliphatic rings. The summed E-state index contributed by atoms with van der Waals surface area (Å²) >= 11 is 11.5. The zero-order chi connectivity index (χ0) is 12.4. The minimum absolute atomic E-state index is 0.0563. The van der Waals surface area contributed by atoms with E-state index in [9.17, 15) is 5.11 Å². The molecule has 2 rings (SSSR count). The van der Waals surface area contributed by atoms with Gasteiger partial charge in [0.25, 0.3) is 0 Å². The SMILES string of the molecule is Cc1cc(O)ccc1Oc1nc(Cl)ncc1Cl. The second-order valence-corrected chi connectivity index (χ2v) is 4.09. The molecule has 88 valence electrons. The smallest absolute Gasteiger partial charge is 0.242 e. The van der Waals surface area contributed by atoms with E-state index in [2.05, 4.69) is 9.97 Å². The minimum Gasteiger partial charge on any atom is -0.508 e. The van der Waals surface area contributed by atoms with Crippen molar-refractivity contribution in [2.24, 2.45) is 0 Å². The predicted octanol–water partition coefficient (Wildman–Crippen LogP) is 3.59. The van der Waals surface area contributed by atoms with Gasteiger partial charge in [-0.15, -0.1) is 0 Å². The topological polar surface area (TPSA) is 55.2 Å². The number of halogens is 2. The number of aryl methyl sites for hydroxylation is 1. The predicted molar refractivity (Wildman–Crippen MR) is 65.0 cm³/mol. The summed E-state index contributed by atoms with van der Waals surface area (Å²) in [6.07, 6.45) is 1.36. The Morgan fingerprint density at radius 3 is 2.76 bits per heavy atom. The summed E-state index contributed by atoms with van der Waals surface area (Å²) in [4.78, 5) is 7.59. The van der Waals surface area contributed by atoms with Gasteiger partial charge in [0.05, 0.1) is 6.20 Å². The molecule has 1 aromatic heterocycles. The first-order chi connectivity index (χ1) is 8.06. The van der Waals surface area contributed by atoms with Crippen LogP contribution in [-0.4, -0.2) is 15.1 Å². The number of rotatable bonds is 2. The maximum Gasteiger partial charge on any atom is 0.242 e. The van der Waals surface area contributed by atoms with Gasteiger partial charge >= 0.3 is 0 Å². The zero-order valence-electron chi connectivity index (χ0n) is 8.82. The van der Waals surface area contributed by atoms with Gasteiger partial charge in [-0.05, 0) is 42.3 Å². The van der Waals surface area contributed by atoms with Gasteiger partial charge in [0.1, 0.15) is 16.5 Å². The molecular weight excluding hydrogens is 263 g/mol. The van der Waals surface area contributed by atoms with Crippen LogP contribution in [0.25, 0.3) is 0 Å². The molecule has 0 radical (unpaired) electrons. The van der Waals surface area contributed by atoms with Crippen LogP contribution >= 0.6 is 23.2 Å². The van der Waals surface area contributed by atoms with E-state index in [1.54, 1.807) is 19.1 Å². The number of aromatic nitrogens is 2. The fourth-order valence-electron chi connectivity index (χ4n) is 1.26. The Morgan fingerprint density at radius 1 is 1.29 bits per heavy atom. The Morgan fingerprint density at radius 2 is 2.06 bits per heavy atom. The van der Waals surface area contributed by atoms with Crippen molar-refractivity contribution in [1.29, 1.82) is 0 Å². The van der Waals surface area contributed by atoms with Gasteiger partial charge in [-0.2, -0.15) is 4.98 Å². The first-order valence-corrected chi connectivity index (χ1v) is 5.47. The number of hydrogen-bond donors (Lipinski definition) is 1. The maximum absolute atomic E-state index is 9.27. The average molecular weight is 271 g/mol. The summed E-state index contributed by atoms with van der Waals surface area (Å²) < 4.78 is 5.50. The number of nitrogens with zero attached hydrogens (tertiary/aromatic N) is 2. The van der Waals surface area contributed by atoms with Gasteiger partial charge in [0.2, 0.25) is 11.2 Å². The van der Waals surface area contributed by atoms with Crippen molar-refractivity contribution >= 4 is 23.2 Å². The lowest BCUT2D eigenvalue weighted by atomic mass is 10.2. The molecule has 0 aliphatic heterocycles. The van der Waals surface area contributed by atoms with Crippen molar-refractivity contribution in [2.75, 3.05) is 0 Å². The summed E-state index contributed by atoms with van der Waals surface area (Å²) in [5.74, 6) is 0.890. The molecule has 1 aromatic carbocycles. The van der Waals surface area contributed by atoms with Gasteiger partial charge in [-0.1, -0.05) is 11.6 Å². The van der Waals surface area contributed by atoms with E-state index in [4.69, 9.17) is 27.9 Å². The van der Waals surface area contributed by atoms with Gasteiger partial charge in [0.15, 0.2) is 0 Å². The number of phenols is 1. The standard InChI is InChI=1S/C11H8Cl2N2O2/c1-6-4-7(16)2-3-9(6)17-10-8(12)5-14-11(13)15-10/h2-5,16H,1H3. The van der Waals surface area contributed by atoms with E-state index in [0.29, 0.717) is 5.75 Å². The number of benzene rings is 1. The van der Waals surface area contributed by atoms with E-state index in [-0.39, 0.29) is 21.9 Å². The van der Waals surface area contributed by atoms with Crippen LogP contribution in [0.15, 0.2) is 24.4 Å².